The predicted octanol–water partition coefficient (Wildman–Crippen LogP) is 5.44. The smallest absolute Gasteiger partial charge is 0.492 e. The number of piperidine rings is 1. The Morgan fingerprint density at radius 2 is 1.79 bits per heavy atom. The van der Waals surface area contributed by atoms with E-state index in [2.05, 4.69) is 5.32 Å². The minimum Gasteiger partial charge on any atom is -0.496 e. The first-order valence-electron chi connectivity index (χ1n) is 11.4. The molecule has 0 radical (unpaired) electrons. The molecule has 192 valence electrons. The highest BCUT2D eigenvalue weighted by molar-refractivity contribution is 7.83. The van der Waals surface area contributed by atoms with Gasteiger partial charge in [0.1, 0.15) is 16.7 Å². The molecular formula is C23H32ClF3N2O4S. The third-order valence-electron chi connectivity index (χ3n) is 6.36. The highest BCUT2D eigenvalue weighted by atomic mass is 35.5. The molecule has 2 aliphatic rings. The van der Waals surface area contributed by atoms with Crippen molar-refractivity contribution in [1.29, 1.82) is 0 Å². The van der Waals surface area contributed by atoms with Gasteiger partial charge in [0.05, 0.1) is 17.9 Å². The van der Waals surface area contributed by atoms with E-state index in [-0.39, 0.29) is 5.92 Å². The second-order valence-electron chi connectivity index (χ2n) is 9.80. The van der Waals surface area contributed by atoms with E-state index >= 15 is 0 Å². The first-order chi connectivity index (χ1) is 15.8. The van der Waals surface area contributed by atoms with Gasteiger partial charge in [0.25, 0.3) is 0 Å². The van der Waals surface area contributed by atoms with Gasteiger partial charge in [0.15, 0.2) is 0 Å². The number of alkyl halides is 3. The molecular weight excluding hydrogens is 493 g/mol. The molecule has 2 atom stereocenters. The van der Waals surface area contributed by atoms with Crippen molar-refractivity contribution in [2.75, 3.05) is 20.2 Å². The molecule has 1 aromatic carbocycles. The van der Waals surface area contributed by atoms with Crippen molar-refractivity contribution in [3.05, 3.63) is 28.3 Å². The van der Waals surface area contributed by atoms with Crippen molar-refractivity contribution in [3.63, 3.8) is 0 Å². The molecule has 1 aliphatic heterocycles. The van der Waals surface area contributed by atoms with Crippen molar-refractivity contribution in [2.24, 2.45) is 5.92 Å². The second kappa shape index (κ2) is 10.7. The van der Waals surface area contributed by atoms with Crippen LogP contribution in [0.5, 0.6) is 5.75 Å². The number of hydroxylamine groups is 1. The van der Waals surface area contributed by atoms with Crippen LogP contribution in [0.15, 0.2) is 12.1 Å². The monoisotopic (exact) mass is 524 g/mol. The molecule has 6 nitrogen and oxygen atoms in total. The Bertz CT molecular complexity index is 913. The van der Waals surface area contributed by atoms with Gasteiger partial charge in [-0.3, -0.25) is 0 Å². The summed E-state index contributed by atoms with van der Waals surface area (Å²) in [7, 11) is -0.637. The number of carbonyl (C=O) groups is 1. The lowest BCUT2D eigenvalue weighted by molar-refractivity contribution is -0.229. The third kappa shape index (κ3) is 6.06. The van der Waals surface area contributed by atoms with Crippen LogP contribution in [0, 0.1) is 5.92 Å². The van der Waals surface area contributed by atoms with E-state index in [0.717, 1.165) is 29.3 Å². The zero-order valence-electron chi connectivity index (χ0n) is 19.8. The van der Waals surface area contributed by atoms with Gasteiger partial charge in [0.2, 0.25) is 0 Å². The van der Waals surface area contributed by atoms with Gasteiger partial charge >= 0.3 is 12.1 Å². The summed E-state index contributed by atoms with van der Waals surface area (Å²) in [4.78, 5) is 16.8. The topological polar surface area (TPSA) is 67.9 Å². The summed E-state index contributed by atoms with van der Waals surface area (Å²) in [5, 5.41) is 3.70. The van der Waals surface area contributed by atoms with Crippen LogP contribution in [0.1, 0.15) is 76.0 Å². The molecule has 1 N–H and O–H groups in total. The fourth-order valence-corrected chi connectivity index (χ4v) is 5.81. The van der Waals surface area contributed by atoms with E-state index in [1.807, 2.05) is 6.07 Å². The van der Waals surface area contributed by atoms with Crippen LogP contribution in [-0.2, 0) is 20.6 Å². The summed E-state index contributed by atoms with van der Waals surface area (Å²) in [6.45, 7) is 6.09. The van der Waals surface area contributed by atoms with Crippen LogP contribution >= 0.6 is 11.6 Å². The number of methoxy groups -OCH3 is 1. The van der Waals surface area contributed by atoms with E-state index < -0.39 is 33.9 Å². The Kier molecular flexibility index (Phi) is 8.59. The molecule has 0 aromatic heterocycles. The zero-order valence-corrected chi connectivity index (χ0v) is 21.4. The molecule has 0 unspecified atom stereocenters. The van der Waals surface area contributed by atoms with Crippen molar-refractivity contribution in [1.82, 2.24) is 9.79 Å². The summed E-state index contributed by atoms with van der Waals surface area (Å²) in [6, 6.07) is 2.55. The number of hydrogen-bond donors (Lipinski definition) is 1. The van der Waals surface area contributed by atoms with Crippen molar-refractivity contribution < 1.29 is 31.7 Å². The number of hydrogen-bond acceptors (Lipinski definition) is 5. The maximum absolute atomic E-state index is 13.5. The van der Waals surface area contributed by atoms with E-state index in [1.54, 1.807) is 26.8 Å². The number of rotatable bonds is 7. The van der Waals surface area contributed by atoms with Crippen molar-refractivity contribution in [3.8, 4) is 5.75 Å². The van der Waals surface area contributed by atoms with Crippen LogP contribution < -0.4 is 10.1 Å². The lowest BCUT2D eigenvalue weighted by Gasteiger charge is -2.39. The lowest BCUT2D eigenvalue weighted by Crippen LogP contribution is -2.47. The Balaban J connectivity index is 2.15. The molecule has 0 bridgehead atoms. The van der Waals surface area contributed by atoms with Crippen LogP contribution in [0.25, 0.3) is 0 Å². The molecule has 3 rings (SSSR count). The normalized spacial score (nSPS) is 20.0. The van der Waals surface area contributed by atoms with Crippen LogP contribution in [0.4, 0.5) is 13.2 Å². The fourth-order valence-electron chi connectivity index (χ4n) is 4.32. The summed E-state index contributed by atoms with van der Waals surface area (Å²) >= 11 is 6.65. The van der Waals surface area contributed by atoms with Gasteiger partial charge in [0, 0.05) is 10.6 Å². The van der Waals surface area contributed by atoms with Crippen molar-refractivity contribution >= 4 is 28.6 Å². The highest BCUT2D eigenvalue weighted by Gasteiger charge is 2.48. The van der Waals surface area contributed by atoms with Gasteiger partial charge < -0.3 is 14.9 Å². The summed E-state index contributed by atoms with van der Waals surface area (Å²) in [6.07, 6.45) is -0.968. The SMILES string of the molecule is COc1cc(C2CCC2)c(Cl)cc1[C@@H](C1CCNCC1)N(OC(=O)C(F)(F)F)[S@@](=O)C(C)(C)C. The molecule has 1 heterocycles. The Labute approximate surface area is 206 Å². The first kappa shape index (κ1) is 27.2. The molecule has 0 amide bonds. The molecule has 11 heteroatoms. The zero-order chi connectivity index (χ0) is 25.3. The average Bonchev–Trinajstić information content (AvgIpc) is 2.72. The molecule has 1 aromatic rings. The van der Waals surface area contributed by atoms with Gasteiger partial charge in [-0.25, -0.2) is 9.00 Å². The summed E-state index contributed by atoms with van der Waals surface area (Å²) < 4.78 is 58.5. The maximum atomic E-state index is 13.5. The quantitative estimate of drug-likeness (QED) is 0.481. The number of nitrogens with zero attached hydrogens (tertiary/aromatic N) is 1. The Morgan fingerprint density at radius 3 is 2.26 bits per heavy atom. The minimum absolute atomic E-state index is 0.256. The number of halogens is 4. The number of nitrogens with one attached hydrogen (secondary N) is 1. The van der Waals surface area contributed by atoms with E-state index in [1.165, 1.54) is 7.11 Å². The lowest BCUT2D eigenvalue weighted by atomic mass is 9.78. The number of ether oxygens (including phenoxy) is 1. The minimum atomic E-state index is -5.24. The Hall–Kier alpha value is -1.36. The predicted molar refractivity (Wildman–Crippen MR) is 125 cm³/mol. The molecule has 0 spiro atoms. The molecule has 34 heavy (non-hydrogen) atoms. The van der Waals surface area contributed by atoms with Crippen LogP contribution in [0.3, 0.4) is 0 Å². The van der Waals surface area contributed by atoms with Gasteiger partial charge in [-0.1, -0.05) is 18.0 Å². The number of carbonyl (C=O) groups excluding carboxylic acids is 1. The second-order valence-corrected chi connectivity index (χ2v) is 12.3. The summed E-state index contributed by atoms with van der Waals surface area (Å²) in [5.74, 6) is -1.95. The summed E-state index contributed by atoms with van der Waals surface area (Å²) in [5.41, 5.74) is 1.38. The van der Waals surface area contributed by atoms with E-state index in [4.69, 9.17) is 21.2 Å². The van der Waals surface area contributed by atoms with Gasteiger partial charge in [-0.05, 0) is 93.5 Å². The molecule has 1 saturated carbocycles. The number of benzene rings is 1. The Morgan fingerprint density at radius 1 is 1.18 bits per heavy atom. The van der Waals surface area contributed by atoms with Gasteiger partial charge in [-0.2, -0.15) is 13.2 Å². The van der Waals surface area contributed by atoms with Crippen LogP contribution in [0.2, 0.25) is 5.02 Å². The van der Waals surface area contributed by atoms with E-state index in [9.17, 15) is 22.2 Å². The van der Waals surface area contributed by atoms with Crippen LogP contribution in [-0.4, -0.2) is 45.8 Å². The van der Waals surface area contributed by atoms with Gasteiger partial charge in [-0.15, -0.1) is 0 Å². The van der Waals surface area contributed by atoms with E-state index in [0.29, 0.717) is 48.2 Å². The third-order valence-corrected chi connectivity index (χ3v) is 8.37. The highest BCUT2D eigenvalue weighted by Crippen LogP contribution is 2.47. The fraction of sp³-hybridized carbons (Fsp3) is 0.696. The molecule has 1 aliphatic carbocycles. The largest absolute Gasteiger partial charge is 0.496 e. The van der Waals surface area contributed by atoms with Crippen molar-refractivity contribution in [2.45, 2.75) is 75.8 Å². The maximum Gasteiger partial charge on any atom is 0.492 e. The molecule has 2 fully saturated rings. The first-order valence-corrected chi connectivity index (χ1v) is 12.9. The average molecular weight is 525 g/mol. The standard InChI is InChI=1S/C23H32ClF3N2O4S/c1-22(2,3)34(31)29(33-21(30)23(25,26)27)20(15-8-10-28-11-9-15)17-12-18(24)16(13-19(17)32-4)14-6-5-7-14/h12-15,20,28H,5-11H2,1-4H3/t20-,34+/m1/s1. The molecule has 1 saturated heterocycles.